The molecule has 0 aliphatic carbocycles. The summed E-state index contributed by atoms with van der Waals surface area (Å²) in [5.74, 6) is -0.394. The summed E-state index contributed by atoms with van der Waals surface area (Å²) < 4.78 is 0. The molecule has 1 aromatic heterocycles. The van der Waals surface area contributed by atoms with E-state index in [0.717, 1.165) is 26.6 Å². The van der Waals surface area contributed by atoms with Crippen LogP contribution >= 0.6 is 11.3 Å². The van der Waals surface area contributed by atoms with Crippen LogP contribution in [-0.2, 0) is 16.0 Å². The summed E-state index contributed by atoms with van der Waals surface area (Å²) in [5.41, 5.74) is 2.19. The van der Waals surface area contributed by atoms with Crippen LogP contribution in [0.15, 0.2) is 34.6 Å². The van der Waals surface area contributed by atoms with Gasteiger partial charge in [0.25, 0.3) is 5.91 Å². The summed E-state index contributed by atoms with van der Waals surface area (Å²) in [4.78, 5) is 29.4. The standard InChI is InChI=1S/C19H20N2O2S/c1-12-5-6-14-10-15(19(23)21-18(14)13(12)2)7-8-20-17(22)11-16-4-3-9-24-16/h3-6,9-10,15H,7-8,11H2,1-2H3,(H,20,22). The van der Waals surface area contributed by atoms with Crippen LogP contribution in [0.25, 0.3) is 6.08 Å². The van der Waals surface area contributed by atoms with Crippen molar-refractivity contribution in [1.29, 1.82) is 0 Å². The molecule has 0 bridgehead atoms. The van der Waals surface area contributed by atoms with Crippen molar-refractivity contribution in [2.75, 3.05) is 6.54 Å². The molecular formula is C19H20N2O2S. The number of rotatable bonds is 5. The number of carbonyl (C=O) groups excluding carboxylic acids is 2. The van der Waals surface area contributed by atoms with E-state index < -0.39 is 0 Å². The summed E-state index contributed by atoms with van der Waals surface area (Å²) >= 11 is 1.57. The van der Waals surface area contributed by atoms with E-state index in [2.05, 4.69) is 16.4 Å². The van der Waals surface area contributed by atoms with Crippen LogP contribution in [0, 0.1) is 19.8 Å². The highest BCUT2D eigenvalue weighted by molar-refractivity contribution is 7.10. The minimum Gasteiger partial charge on any atom is -0.356 e. The van der Waals surface area contributed by atoms with Gasteiger partial charge >= 0.3 is 0 Å². The van der Waals surface area contributed by atoms with Crippen molar-refractivity contribution in [3.05, 3.63) is 56.2 Å². The first-order valence-electron chi connectivity index (χ1n) is 8.04. The minimum atomic E-state index is -0.262. The number of benzene rings is 1. The van der Waals surface area contributed by atoms with Crippen LogP contribution in [0.2, 0.25) is 0 Å². The molecule has 4 nitrogen and oxygen atoms in total. The van der Waals surface area contributed by atoms with Gasteiger partial charge in [-0.15, -0.1) is 11.3 Å². The van der Waals surface area contributed by atoms with Crippen molar-refractivity contribution < 1.29 is 9.59 Å². The SMILES string of the molecule is Cc1ccc2c(c1C)=NC(=O)C(CCNC(=O)Cc1cccs1)C=2. The largest absolute Gasteiger partial charge is 0.356 e. The molecule has 1 N–H and O–H groups in total. The van der Waals surface area contributed by atoms with Crippen LogP contribution in [0.1, 0.15) is 22.4 Å². The van der Waals surface area contributed by atoms with Crippen molar-refractivity contribution in [1.82, 2.24) is 5.32 Å². The predicted octanol–water partition coefficient (Wildman–Crippen LogP) is 1.67. The Morgan fingerprint density at radius 2 is 2.12 bits per heavy atom. The van der Waals surface area contributed by atoms with E-state index in [1.165, 1.54) is 0 Å². The Hall–Kier alpha value is -2.27. The van der Waals surface area contributed by atoms with E-state index in [1.54, 1.807) is 11.3 Å². The third-order valence-electron chi connectivity index (χ3n) is 4.35. The third-order valence-corrected chi connectivity index (χ3v) is 5.22. The van der Waals surface area contributed by atoms with Crippen LogP contribution in [0.5, 0.6) is 0 Å². The Labute approximate surface area is 144 Å². The molecule has 2 aromatic rings. The lowest BCUT2D eigenvalue weighted by Gasteiger charge is -2.14. The molecule has 0 fully saturated rings. The Bertz CT molecular complexity index is 885. The van der Waals surface area contributed by atoms with Gasteiger partial charge < -0.3 is 5.32 Å². The Morgan fingerprint density at radius 1 is 1.29 bits per heavy atom. The number of amides is 2. The van der Waals surface area contributed by atoms with Gasteiger partial charge in [-0.2, -0.15) is 0 Å². The van der Waals surface area contributed by atoms with Crippen molar-refractivity contribution in [3.8, 4) is 0 Å². The van der Waals surface area contributed by atoms with Gasteiger partial charge in [0.1, 0.15) is 0 Å². The molecule has 0 saturated carbocycles. The lowest BCUT2D eigenvalue weighted by Crippen LogP contribution is -2.37. The van der Waals surface area contributed by atoms with E-state index in [0.29, 0.717) is 19.4 Å². The first-order chi connectivity index (χ1) is 11.5. The maximum Gasteiger partial charge on any atom is 0.253 e. The molecule has 5 heteroatoms. The first kappa shape index (κ1) is 16.6. The van der Waals surface area contributed by atoms with Gasteiger partial charge in [-0.05, 0) is 48.1 Å². The van der Waals surface area contributed by atoms with Crippen molar-refractivity contribution in [2.24, 2.45) is 10.9 Å². The second-order valence-corrected chi connectivity index (χ2v) is 7.10. The van der Waals surface area contributed by atoms with Crippen molar-refractivity contribution >= 4 is 29.2 Å². The highest BCUT2D eigenvalue weighted by atomic mass is 32.1. The quantitative estimate of drug-likeness (QED) is 0.900. The monoisotopic (exact) mass is 340 g/mol. The van der Waals surface area contributed by atoms with E-state index in [9.17, 15) is 9.59 Å². The molecule has 0 radical (unpaired) electrons. The normalized spacial score (nSPS) is 16.1. The summed E-state index contributed by atoms with van der Waals surface area (Å²) in [6.07, 6.45) is 2.94. The van der Waals surface area contributed by atoms with Gasteiger partial charge in [-0.25, -0.2) is 4.99 Å². The van der Waals surface area contributed by atoms with E-state index >= 15 is 0 Å². The second-order valence-electron chi connectivity index (χ2n) is 6.06. The van der Waals surface area contributed by atoms with Gasteiger partial charge in [0.05, 0.1) is 17.7 Å². The number of carbonyl (C=O) groups is 2. The highest BCUT2D eigenvalue weighted by Gasteiger charge is 2.19. The lowest BCUT2D eigenvalue weighted by atomic mass is 9.98. The van der Waals surface area contributed by atoms with Crippen molar-refractivity contribution in [2.45, 2.75) is 26.7 Å². The zero-order valence-corrected chi connectivity index (χ0v) is 14.7. The summed E-state index contributed by atoms with van der Waals surface area (Å²) in [7, 11) is 0. The molecule has 3 rings (SSSR count). The minimum absolute atomic E-state index is 0.00971. The lowest BCUT2D eigenvalue weighted by molar-refractivity contribution is -0.122. The summed E-state index contributed by atoms with van der Waals surface area (Å²) in [6, 6.07) is 7.94. The van der Waals surface area contributed by atoms with Gasteiger partial charge in [-0.3, -0.25) is 9.59 Å². The highest BCUT2D eigenvalue weighted by Crippen LogP contribution is 2.11. The van der Waals surface area contributed by atoms with Gasteiger partial charge in [0.2, 0.25) is 5.91 Å². The van der Waals surface area contributed by atoms with Crippen LogP contribution in [0.4, 0.5) is 0 Å². The fourth-order valence-corrected chi connectivity index (χ4v) is 3.50. The number of nitrogens with one attached hydrogen (secondary N) is 1. The zero-order valence-electron chi connectivity index (χ0n) is 13.8. The molecule has 0 saturated heterocycles. The fraction of sp³-hybridized carbons (Fsp3) is 0.316. The fourth-order valence-electron chi connectivity index (χ4n) is 2.79. The molecule has 2 heterocycles. The molecule has 1 aromatic carbocycles. The van der Waals surface area contributed by atoms with Gasteiger partial charge in [-0.1, -0.05) is 24.3 Å². The third kappa shape index (κ3) is 3.62. The van der Waals surface area contributed by atoms with E-state index in [4.69, 9.17) is 0 Å². The Balaban J connectivity index is 1.62. The molecule has 2 amide bonds. The number of aryl methyl sites for hydroxylation is 1. The Morgan fingerprint density at radius 3 is 2.88 bits per heavy atom. The molecule has 1 unspecified atom stereocenters. The number of hydrogen-bond donors (Lipinski definition) is 1. The van der Waals surface area contributed by atoms with E-state index in [1.807, 2.05) is 43.5 Å². The van der Waals surface area contributed by atoms with E-state index in [-0.39, 0.29) is 17.7 Å². The molecule has 124 valence electrons. The predicted molar refractivity (Wildman–Crippen MR) is 95.3 cm³/mol. The molecule has 1 aliphatic heterocycles. The van der Waals surface area contributed by atoms with Gasteiger partial charge in [0, 0.05) is 11.4 Å². The van der Waals surface area contributed by atoms with Crippen molar-refractivity contribution in [3.63, 3.8) is 0 Å². The zero-order chi connectivity index (χ0) is 17.1. The molecule has 24 heavy (non-hydrogen) atoms. The molecule has 0 spiro atoms. The van der Waals surface area contributed by atoms with Gasteiger partial charge in [0.15, 0.2) is 0 Å². The smallest absolute Gasteiger partial charge is 0.253 e. The Kier molecular flexibility index (Phi) is 4.90. The summed E-state index contributed by atoms with van der Waals surface area (Å²) in [6.45, 7) is 4.49. The molecular weight excluding hydrogens is 320 g/mol. The topological polar surface area (TPSA) is 58.5 Å². The maximum absolute atomic E-state index is 12.2. The van der Waals surface area contributed by atoms with Crippen LogP contribution < -0.4 is 15.9 Å². The summed E-state index contributed by atoms with van der Waals surface area (Å²) in [5, 5.41) is 6.64. The maximum atomic E-state index is 12.2. The molecule has 1 aliphatic rings. The molecule has 1 atom stereocenters. The first-order valence-corrected chi connectivity index (χ1v) is 8.92. The second kappa shape index (κ2) is 7.09. The van der Waals surface area contributed by atoms with Crippen LogP contribution in [-0.4, -0.2) is 18.4 Å². The number of fused-ring (bicyclic) bond motifs is 1. The number of nitrogens with zero attached hydrogens (tertiary/aromatic N) is 1. The number of hydrogen-bond acceptors (Lipinski definition) is 3. The van der Waals surface area contributed by atoms with Crippen LogP contribution in [0.3, 0.4) is 0 Å². The number of thiophene rings is 1. The average molecular weight is 340 g/mol. The average Bonchev–Trinajstić information content (AvgIpc) is 3.05.